The molecule has 0 amide bonds. The van der Waals surface area contributed by atoms with Crippen molar-refractivity contribution in [3.05, 3.63) is 36.5 Å². The van der Waals surface area contributed by atoms with E-state index in [0.29, 0.717) is 19.3 Å². The van der Waals surface area contributed by atoms with Crippen molar-refractivity contribution in [1.29, 1.82) is 0 Å². The fourth-order valence-corrected chi connectivity index (χ4v) is 4.69. The number of carbonyl (C=O) groups excluding carboxylic acids is 2. The van der Waals surface area contributed by atoms with Crippen LogP contribution in [0.2, 0.25) is 0 Å². The molecule has 43 heavy (non-hydrogen) atoms. The van der Waals surface area contributed by atoms with Gasteiger partial charge in [-0.3, -0.25) is 9.59 Å². The van der Waals surface area contributed by atoms with Gasteiger partial charge in [-0.15, -0.1) is 0 Å². The molecule has 0 aromatic rings. The minimum Gasteiger partial charge on any atom is -0.463 e. The monoisotopic (exact) mass is 606 g/mol. The second-order valence-corrected chi connectivity index (χ2v) is 12.3. The number of allylic oxidation sites excluding steroid dienone is 5. The first kappa shape index (κ1) is 41.1. The van der Waals surface area contributed by atoms with Crippen LogP contribution in [0.15, 0.2) is 36.5 Å². The van der Waals surface area contributed by atoms with Gasteiger partial charge in [-0.05, 0) is 44.4 Å². The van der Waals surface area contributed by atoms with Crippen molar-refractivity contribution in [1.82, 2.24) is 0 Å². The molecule has 0 saturated carbocycles. The van der Waals surface area contributed by atoms with Crippen LogP contribution < -0.4 is 0 Å². The third kappa shape index (κ3) is 32.8. The number of rotatable bonds is 30. The molecule has 0 saturated heterocycles. The molecule has 0 aliphatic rings. The van der Waals surface area contributed by atoms with Crippen LogP contribution in [0.3, 0.4) is 0 Å². The van der Waals surface area contributed by atoms with Crippen LogP contribution in [0.25, 0.3) is 0 Å². The number of hydrogen-bond donors (Lipinski definition) is 2. The highest BCUT2D eigenvalue weighted by Gasteiger charge is 2.12. The Morgan fingerprint density at radius 2 is 1.19 bits per heavy atom. The summed E-state index contributed by atoms with van der Waals surface area (Å²) in [4.78, 5) is 23.8. The summed E-state index contributed by atoms with van der Waals surface area (Å²) in [6.45, 7) is 6.41. The largest absolute Gasteiger partial charge is 0.463 e. The maximum Gasteiger partial charge on any atom is 0.305 e. The minimum absolute atomic E-state index is 0.161. The quantitative estimate of drug-likeness (QED) is 0.0366. The summed E-state index contributed by atoms with van der Waals surface area (Å²) in [5.74, 6) is 0.0372. The fraction of sp³-hybridized carbons (Fsp3) is 0.784. The highest BCUT2D eigenvalue weighted by Crippen LogP contribution is 2.13. The summed E-state index contributed by atoms with van der Waals surface area (Å²) >= 11 is 0. The maximum absolute atomic E-state index is 11.9. The maximum atomic E-state index is 11.9. The predicted octanol–water partition coefficient (Wildman–Crippen LogP) is 9.33. The van der Waals surface area contributed by atoms with Crippen molar-refractivity contribution >= 4 is 11.9 Å². The molecule has 6 heteroatoms. The van der Waals surface area contributed by atoms with Crippen molar-refractivity contribution in [2.75, 3.05) is 13.2 Å². The van der Waals surface area contributed by atoms with Crippen LogP contribution in [0.5, 0.6) is 0 Å². The van der Waals surface area contributed by atoms with Gasteiger partial charge in [0.05, 0.1) is 6.10 Å². The highest BCUT2D eigenvalue weighted by atomic mass is 16.6. The minimum atomic E-state index is -1.03. The Kier molecular flexibility index (Phi) is 30.1. The zero-order valence-electron chi connectivity index (χ0n) is 28.0. The summed E-state index contributed by atoms with van der Waals surface area (Å²) in [6.07, 6.45) is 32.4. The van der Waals surface area contributed by atoms with E-state index in [1.165, 1.54) is 77.0 Å². The Bertz CT molecular complexity index is 727. The highest BCUT2D eigenvalue weighted by molar-refractivity contribution is 5.69. The van der Waals surface area contributed by atoms with Gasteiger partial charge >= 0.3 is 11.9 Å². The summed E-state index contributed by atoms with van der Waals surface area (Å²) in [5.41, 5.74) is 0. The van der Waals surface area contributed by atoms with Crippen molar-refractivity contribution in [3.8, 4) is 0 Å². The van der Waals surface area contributed by atoms with E-state index < -0.39 is 18.2 Å². The van der Waals surface area contributed by atoms with E-state index in [4.69, 9.17) is 9.47 Å². The third-order valence-corrected chi connectivity index (χ3v) is 7.41. The molecule has 0 aliphatic heterocycles. The van der Waals surface area contributed by atoms with E-state index in [9.17, 15) is 19.8 Å². The van der Waals surface area contributed by atoms with Gasteiger partial charge in [-0.2, -0.15) is 0 Å². The van der Waals surface area contributed by atoms with Gasteiger partial charge in [0.25, 0.3) is 0 Å². The van der Waals surface area contributed by atoms with Gasteiger partial charge in [-0.1, -0.05) is 141 Å². The van der Waals surface area contributed by atoms with E-state index in [1.54, 1.807) is 6.08 Å². The number of ether oxygens (including phenoxy) is 2. The van der Waals surface area contributed by atoms with Crippen LogP contribution in [-0.4, -0.2) is 47.6 Å². The topological polar surface area (TPSA) is 93.1 Å². The Balaban J connectivity index is 3.67. The molecule has 250 valence electrons. The van der Waals surface area contributed by atoms with Crippen LogP contribution in [0.1, 0.15) is 156 Å². The van der Waals surface area contributed by atoms with Crippen molar-refractivity contribution in [2.45, 2.75) is 168 Å². The molecule has 0 aliphatic carbocycles. The van der Waals surface area contributed by atoms with Gasteiger partial charge in [0.2, 0.25) is 0 Å². The molecule has 6 nitrogen and oxygen atoms in total. The predicted molar refractivity (Wildman–Crippen MR) is 179 cm³/mol. The molecule has 1 unspecified atom stereocenters. The number of hydrogen-bond acceptors (Lipinski definition) is 6. The Labute approximate surface area is 264 Å². The lowest BCUT2D eigenvalue weighted by atomic mass is 10.0. The first-order valence-corrected chi connectivity index (χ1v) is 17.5. The Hall–Kier alpha value is -1.92. The molecule has 2 N–H and O–H groups in total. The van der Waals surface area contributed by atoms with Gasteiger partial charge < -0.3 is 19.7 Å². The molecule has 2 atom stereocenters. The zero-order chi connectivity index (χ0) is 31.8. The molecule has 0 aromatic heterocycles. The lowest BCUT2D eigenvalue weighted by Crippen LogP contribution is -2.25. The van der Waals surface area contributed by atoms with E-state index in [1.807, 2.05) is 12.2 Å². The summed E-state index contributed by atoms with van der Waals surface area (Å²) in [6, 6.07) is 0. The van der Waals surface area contributed by atoms with Gasteiger partial charge in [0.15, 0.2) is 0 Å². The number of aliphatic hydroxyl groups excluding tert-OH is 2. The van der Waals surface area contributed by atoms with Crippen LogP contribution in [0.4, 0.5) is 0 Å². The van der Waals surface area contributed by atoms with E-state index in [0.717, 1.165) is 38.0 Å². The molecule has 0 radical (unpaired) electrons. The number of aliphatic hydroxyl groups is 2. The van der Waals surface area contributed by atoms with Crippen LogP contribution in [0, 0.1) is 5.92 Å². The average Bonchev–Trinajstić information content (AvgIpc) is 2.98. The number of unbranched alkanes of at least 4 members (excludes halogenated alkanes) is 13. The zero-order valence-corrected chi connectivity index (χ0v) is 28.0. The van der Waals surface area contributed by atoms with Crippen LogP contribution in [-0.2, 0) is 19.1 Å². The Morgan fingerprint density at radius 3 is 1.81 bits per heavy atom. The van der Waals surface area contributed by atoms with Crippen molar-refractivity contribution in [3.63, 3.8) is 0 Å². The van der Waals surface area contributed by atoms with E-state index in [2.05, 4.69) is 39.0 Å². The lowest BCUT2D eigenvalue weighted by Gasteiger charge is -2.12. The summed E-state index contributed by atoms with van der Waals surface area (Å²) < 4.78 is 10.2. The molecular weight excluding hydrogens is 540 g/mol. The Morgan fingerprint density at radius 1 is 0.628 bits per heavy atom. The molecule has 0 fully saturated rings. The molecule has 0 spiro atoms. The molecule has 0 aromatic carbocycles. The third-order valence-electron chi connectivity index (χ3n) is 7.41. The molecular formula is C37H66O6. The normalized spacial score (nSPS) is 13.4. The summed E-state index contributed by atoms with van der Waals surface area (Å²) in [5, 5.41) is 20.0. The van der Waals surface area contributed by atoms with Gasteiger partial charge in [-0.25, -0.2) is 0 Å². The number of carbonyl (C=O) groups is 2. The average molecular weight is 607 g/mol. The van der Waals surface area contributed by atoms with E-state index in [-0.39, 0.29) is 25.6 Å². The fourth-order valence-electron chi connectivity index (χ4n) is 4.69. The van der Waals surface area contributed by atoms with Crippen LogP contribution >= 0.6 is 0 Å². The standard InChI is InChI=1S/C37H66O6/c1-4-5-6-7-8-9-10-11-12-13-17-20-23-27-34(38)28-25-30-37(41)43-32-35(39)31-42-36(40)29-24-21-18-15-14-16-19-22-26-33(2)3/h11-12,17,20,23,27,33-35,38-39H,4-10,13-16,18-19,21-22,24-26,28-32H2,1-3H3/b12-11+,20-17+,27-23+/t34?,35-/m1/s1. The van der Waals surface area contributed by atoms with Gasteiger partial charge in [0, 0.05) is 12.8 Å². The SMILES string of the molecule is CCCCCCCC/C=C/C/C=C/C=C/C(O)CCCC(=O)OC[C@H](O)COC(=O)CCCCCCCCCCC(C)C. The second-order valence-electron chi connectivity index (χ2n) is 12.3. The van der Waals surface area contributed by atoms with Crippen molar-refractivity contribution < 1.29 is 29.3 Å². The van der Waals surface area contributed by atoms with Gasteiger partial charge in [0.1, 0.15) is 19.3 Å². The smallest absolute Gasteiger partial charge is 0.305 e. The molecule has 0 heterocycles. The van der Waals surface area contributed by atoms with E-state index >= 15 is 0 Å². The second kappa shape index (κ2) is 31.5. The first-order chi connectivity index (χ1) is 20.8. The molecule has 0 rings (SSSR count). The summed E-state index contributed by atoms with van der Waals surface area (Å²) in [7, 11) is 0. The first-order valence-electron chi connectivity index (χ1n) is 17.5. The van der Waals surface area contributed by atoms with Crippen molar-refractivity contribution in [2.24, 2.45) is 5.92 Å². The molecule has 0 bridgehead atoms. The lowest BCUT2D eigenvalue weighted by molar-refractivity contribution is -0.152. The number of esters is 2.